The van der Waals surface area contributed by atoms with E-state index in [9.17, 15) is 31.1 Å². The molecule has 1 unspecified atom stereocenters. The second-order valence-electron chi connectivity index (χ2n) is 10.6. The van der Waals surface area contributed by atoms with E-state index in [0.29, 0.717) is 28.4 Å². The highest BCUT2D eigenvalue weighted by atomic mass is 35.5. The molecule has 6 rings (SSSR count). The van der Waals surface area contributed by atoms with Crippen LogP contribution in [0.1, 0.15) is 59.0 Å². The van der Waals surface area contributed by atoms with Crippen LogP contribution in [0.4, 0.5) is 38.0 Å². The first-order valence-corrected chi connectivity index (χ1v) is 13.2. The van der Waals surface area contributed by atoms with Crippen LogP contribution >= 0.6 is 11.6 Å². The summed E-state index contributed by atoms with van der Waals surface area (Å²) in [5, 5.41) is 3.75. The van der Waals surface area contributed by atoms with E-state index in [1.165, 1.54) is 10.5 Å². The summed E-state index contributed by atoms with van der Waals surface area (Å²) in [6.07, 6.45) is 0.746. The number of nitrogens with one attached hydrogen (secondary N) is 1. The van der Waals surface area contributed by atoms with Gasteiger partial charge in [-0.05, 0) is 37.6 Å². The second-order valence-corrected chi connectivity index (χ2v) is 11.0. The quantitative estimate of drug-likeness (QED) is 0.149. The van der Waals surface area contributed by atoms with Gasteiger partial charge in [-0.3, -0.25) is 9.20 Å². The predicted molar refractivity (Wildman–Crippen MR) is 141 cm³/mol. The first kappa shape index (κ1) is 27.6. The number of rotatable bonds is 6. The Balaban J connectivity index is 1.53. The third-order valence-corrected chi connectivity index (χ3v) is 7.89. The number of nitrogens with zero attached hydrogens (tertiary/aromatic N) is 5. The molecular formula is C27H23ClF6N6O. The molecule has 1 atom stereocenters. The molecule has 0 radical (unpaired) electrons. The van der Waals surface area contributed by atoms with Crippen molar-refractivity contribution < 1.29 is 31.1 Å². The Kier molecular flexibility index (Phi) is 6.18. The number of imidazole rings is 1. The Morgan fingerprint density at radius 3 is 2.37 bits per heavy atom. The molecule has 0 spiro atoms. The van der Waals surface area contributed by atoms with Gasteiger partial charge in [0, 0.05) is 43.1 Å². The zero-order valence-corrected chi connectivity index (χ0v) is 22.5. The van der Waals surface area contributed by atoms with Crippen molar-refractivity contribution in [1.29, 1.82) is 0 Å². The summed E-state index contributed by atoms with van der Waals surface area (Å²) < 4.78 is 85.4. The van der Waals surface area contributed by atoms with Crippen molar-refractivity contribution >= 4 is 46.1 Å². The van der Waals surface area contributed by atoms with Gasteiger partial charge in [0.2, 0.25) is 5.95 Å². The number of hydrogen-bond acceptors (Lipinski definition) is 6. The second kappa shape index (κ2) is 9.20. The van der Waals surface area contributed by atoms with Crippen LogP contribution in [0.15, 0.2) is 30.5 Å². The van der Waals surface area contributed by atoms with Crippen molar-refractivity contribution in [2.24, 2.45) is 0 Å². The van der Waals surface area contributed by atoms with Crippen molar-refractivity contribution in [2.45, 2.75) is 56.4 Å². The average molecular weight is 597 g/mol. The Morgan fingerprint density at radius 2 is 1.73 bits per heavy atom. The van der Waals surface area contributed by atoms with Gasteiger partial charge < -0.3 is 10.2 Å². The highest BCUT2D eigenvalue weighted by Gasteiger charge is 2.86. The number of carbonyl (C=O) groups is 1. The molecule has 2 aliphatic rings. The van der Waals surface area contributed by atoms with Crippen molar-refractivity contribution in [3.8, 4) is 0 Å². The fourth-order valence-electron chi connectivity index (χ4n) is 5.41. The van der Waals surface area contributed by atoms with E-state index in [1.807, 2.05) is 6.07 Å². The van der Waals surface area contributed by atoms with E-state index < -0.39 is 48.3 Å². The molecule has 14 heteroatoms. The molecular weight excluding hydrogens is 574 g/mol. The van der Waals surface area contributed by atoms with Crippen LogP contribution in [0.5, 0.6) is 0 Å². The molecule has 1 aliphatic heterocycles. The number of anilines is 2. The van der Waals surface area contributed by atoms with E-state index in [-0.39, 0.29) is 35.5 Å². The average Bonchev–Trinajstić information content (AvgIpc) is 3.17. The molecule has 216 valence electrons. The van der Waals surface area contributed by atoms with Gasteiger partial charge in [0.15, 0.2) is 6.29 Å². The van der Waals surface area contributed by atoms with Crippen LogP contribution in [-0.4, -0.2) is 56.5 Å². The van der Waals surface area contributed by atoms with E-state index in [4.69, 9.17) is 16.6 Å². The van der Waals surface area contributed by atoms with Crippen molar-refractivity contribution in [3.63, 3.8) is 0 Å². The van der Waals surface area contributed by atoms with Gasteiger partial charge in [-0.15, -0.1) is 0 Å². The number of aromatic nitrogens is 4. The first-order chi connectivity index (χ1) is 19.2. The van der Waals surface area contributed by atoms with Gasteiger partial charge in [-0.25, -0.2) is 23.7 Å². The minimum absolute atomic E-state index is 0.0794. The predicted octanol–water partition coefficient (Wildman–Crippen LogP) is 6.83. The summed E-state index contributed by atoms with van der Waals surface area (Å²) in [5.74, 6) is -13.6. The lowest BCUT2D eigenvalue weighted by Crippen LogP contribution is -2.40. The minimum Gasteiger partial charge on any atom is -0.377 e. The summed E-state index contributed by atoms with van der Waals surface area (Å²) in [6, 6.07) is 6.14. The molecule has 7 nitrogen and oxygen atoms in total. The Labute approximate surface area is 234 Å². The maximum absolute atomic E-state index is 14.0. The largest absolute Gasteiger partial charge is 0.377 e. The molecule has 3 aromatic heterocycles. The normalized spacial score (nSPS) is 20.4. The molecule has 4 aromatic rings. The standard InChI is InChI=1S/C27H23ClF6N6O/c1-13-9-15(14(2)35-17-3-4-20(28)36-19(17)12-41)21-16(10-13)23-37-18(22-26(31,32)27(22,33)34)11-40(23)24(38-21)39-7-5-25(29,30)6-8-39/h3-4,9-12,14,22,35H,5-8H2,1-2H3. The zero-order chi connectivity index (χ0) is 29.5. The third-order valence-electron chi connectivity index (χ3n) is 7.68. The lowest BCUT2D eigenvalue weighted by molar-refractivity contribution is -0.0278. The Bertz CT molecular complexity index is 1690. The number of aryl methyl sites for hydroxylation is 1. The maximum Gasteiger partial charge on any atom is 0.325 e. The van der Waals surface area contributed by atoms with Gasteiger partial charge in [-0.1, -0.05) is 17.7 Å². The summed E-state index contributed by atoms with van der Waals surface area (Å²) >= 11 is 5.91. The number of carbonyl (C=O) groups excluding carboxylic acids is 1. The van der Waals surface area contributed by atoms with E-state index in [1.54, 1.807) is 30.9 Å². The maximum atomic E-state index is 14.0. The van der Waals surface area contributed by atoms with Crippen LogP contribution in [0.2, 0.25) is 5.15 Å². The number of alkyl halides is 6. The monoisotopic (exact) mass is 596 g/mol. The van der Waals surface area contributed by atoms with Crippen molar-refractivity contribution in [1.82, 2.24) is 19.4 Å². The Morgan fingerprint density at radius 1 is 1.05 bits per heavy atom. The highest BCUT2D eigenvalue weighted by molar-refractivity contribution is 6.29. The van der Waals surface area contributed by atoms with Crippen molar-refractivity contribution in [2.75, 3.05) is 23.3 Å². The summed E-state index contributed by atoms with van der Waals surface area (Å²) in [6.45, 7) is 3.42. The lowest BCUT2D eigenvalue weighted by Gasteiger charge is -2.33. The molecule has 1 saturated heterocycles. The molecule has 4 heterocycles. The fourth-order valence-corrected chi connectivity index (χ4v) is 5.56. The van der Waals surface area contributed by atoms with Crippen LogP contribution in [0.3, 0.4) is 0 Å². The first-order valence-electron chi connectivity index (χ1n) is 12.8. The van der Waals surface area contributed by atoms with E-state index in [2.05, 4.69) is 15.3 Å². The molecule has 0 amide bonds. The van der Waals surface area contributed by atoms with Gasteiger partial charge in [-0.2, -0.15) is 17.6 Å². The van der Waals surface area contributed by atoms with E-state index >= 15 is 0 Å². The summed E-state index contributed by atoms with van der Waals surface area (Å²) in [7, 11) is 0. The number of benzene rings is 1. The number of aldehydes is 1. The van der Waals surface area contributed by atoms with E-state index in [0.717, 1.165) is 11.8 Å². The van der Waals surface area contributed by atoms with Crippen LogP contribution in [0, 0.1) is 6.92 Å². The smallest absolute Gasteiger partial charge is 0.325 e. The number of halogens is 7. The molecule has 1 N–H and O–H groups in total. The third kappa shape index (κ3) is 4.45. The molecule has 2 fully saturated rings. The molecule has 1 aliphatic carbocycles. The SMILES string of the molecule is Cc1cc(C(C)Nc2ccc(Cl)nc2C=O)c2nc(N3CCC(F)(F)CC3)n3cc(C4C(F)(F)C4(F)F)nc3c2c1. The lowest BCUT2D eigenvalue weighted by atomic mass is 10.0. The summed E-state index contributed by atoms with van der Waals surface area (Å²) in [4.78, 5) is 26.2. The van der Waals surface area contributed by atoms with Gasteiger partial charge in [0.25, 0.3) is 5.92 Å². The van der Waals surface area contributed by atoms with Crippen LogP contribution in [-0.2, 0) is 0 Å². The number of piperidine rings is 1. The molecule has 1 aromatic carbocycles. The minimum atomic E-state index is -4.25. The highest BCUT2D eigenvalue weighted by Crippen LogP contribution is 2.67. The Hall–Kier alpha value is -3.61. The van der Waals surface area contributed by atoms with Gasteiger partial charge in [0.1, 0.15) is 22.4 Å². The van der Waals surface area contributed by atoms with Gasteiger partial charge >= 0.3 is 11.8 Å². The zero-order valence-electron chi connectivity index (χ0n) is 21.7. The molecule has 41 heavy (non-hydrogen) atoms. The molecule has 1 saturated carbocycles. The summed E-state index contributed by atoms with van der Waals surface area (Å²) in [5.41, 5.74) is 1.81. The molecule has 0 bridgehead atoms. The topological polar surface area (TPSA) is 75.4 Å². The fraction of sp³-hybridized carbons (Fsp3) is 0.407. The number of pyridine rings is 1. The van der Waals surface area contributed by atoms with Crippen LogP contribution < -0.4 is 10.2 Å². The van der Waals surface area contributed by atoms with Gasteiger partial charge in [0.05, 0.1) is 22.9 Å². The number of fused-ring (bicyclic) bond motifs is 3. The van der Waals surface area contributed by atoms with Crippen molar-refractivity contribution in [3.05, 3.63) is 58.1 Å². The number of hydrogen-bond donors (Lipinski definition) is 1. The van der Waals surface area contributed by atoms with Crippen LogP contribution in [0.25, 0.3) is 16.6 Å².